The summed E-state index contributed by atoms with van der Waals surface area (Å²) in [7, 11) is 0. The molecule has 20 heavy (non-hydrogen) atoms. The van der Waals surface area contributed by atoms with Crippen LogP contribution in [-0.2, 0) is 0 Å². The molecule has 1 aliphatic heterocycles. The van der Waals surface area contributed by atoms with Gasteiger partial charge in [0.1, 0.15) is 11.3 Å². The highest BCUT2D eigenvalue weighted by Gasteiger charge is 2.20. The number of para-hydroxylation sites is 1. The molecular formula is C13H18Cl2N4O. The zero-order valence-corrected chi connectivity index (χ0v) is 12.5. The lowest BCUT2D eigenvalue weighted by molar-refractivity contribution is 0.100. The van der Waals surface area contributed by atoms with Crippen LogP contribution < -0.4 is 11.1 Å². The molecule has 110 valence electrons. The summed E-state index contributed by atoms with van der Waals surface area (Å²) in [5.41, 5.74) is 7.41. The van der Waals surface area contributed by atoms with Crippen molar-refractivity contribution < 1.29 is 4.79 Å². The molecule has 0 aliphatic carbocycles. The number of aromatic nitrogens is 2. The highest BCUT2D eigenvalue weighted by molar-refractivity contribution is 6.04. The molecule has 0 saturated carbocycles. The number of nitrogens with zero attached hydrogens (tertiary/aromatic N) is 1. The van der Waals surface area contributed by atoms with E-state index in [0.717, 1.165) is 37.3 Å². The van der Waals surface area contributed by atoms with E-state index in [1.54, 1.807) is 6.07 Å². The maximum Gasteiger partial charge on any atom is 0.250 e. The van der Waals surface area contributed by atoms with E-state index in [1.807, 2.05) is 12.1 Å². The number of nitrogens with one attached hydrogen (secondary N) is 2. The Kier molecular flexibility index (Phi) is 5.80. The van der Waals surface area contributed by atoms with Crippen molar-refractivity contribution in [3.05, 3.63) is 29.6 Å². The molecule has 1 aromatic carbocycles. The fourth-order valence-electron chi connectivity index (χ4n) is 2.53. The summed E-state index contributed by atoms with van der Waals surface area (Å²) in [5, 5.41) is 3.36. The maximum atomic E-state index is 11.4. The maximum absolute atomic E-state index is 11.4. The molecule has 0 radical (unpaired) electrons. The number of aromatic amines is 1. The Labute approximate surface area is 129 Å². The SMILES string of the molecule is Cl.Cl.NC(=O)c1cccc2[nH]c(C3CCCNC3)nc12. The number of imidazole rings is 1. The summed E-state index contributed by atoms with van der Waals surface area (Å²) in [5.74, 6) is 0.915. The van der Waals surface area contributed by atoms with Crippen molar-refractivity contribution in [2.24, 2.45) is 5.73 Å². The van der Waals surface area contributed by atoms with E-state index < -0.39 is 5.91 Å². The molecule has 0 spiro atoms. The molecule has 1 saturated heterocycles. The van der Waals surface area contributed by atoms with Crippen LogP contribution >= 0.6 is 24.8 Å². The summed E-state index contributed by atoms with van der Waals surface area (Å²) >= 11 is 0. The van der Waals surface area contributed by atoms with Gasteiger partial charge in [0, 0.05) is 12.5 Å². The van der Waals surface area contributed by atoms with Crippen molar-refractivity contribution in [1.29, 1.82) is 0 Å². The molecule has 1 unspecified atom stereocenters. The highest BCUT2D eigenvalue weighted by Crippen LogP contribution is 2.24. The van der Waals surface area contributed by atoms with E-state index >= 15 is 0 Å². The van der Waals surface area contributed by atoms with Gasteiger partial charge in [-0.3, -0.25) is 4.79 Å². The van der Waals surface area contributed by atoms with Gasteiger partial charge in [0.2, 0.25) is 0 Å². The number of hydrogen-bond donors (Lipinski definition) is 3. The van der Waals surface area contributed by atoms with Crippen LogP contribution in [0.1, 0.15) is 34.9 Å². The predicted octanol–water partition coefficient (Wildman–Crippen LogP) is 1.97. The first-order chi connectivity index (χ1) is 8.75. The number of H-pyrrole nitrogens is 1. The average Bonchev–Trinajstić information content (AvgIpc) is 2.83. The number of rotatable bonds is 2. The Hall–Kier alpha value is -1.30. The number of halogens is 2. The number of carbonyl (C=O) groups is 1. The van der Waals surface area contributed by atoms with E-state index in [-0.39, 0.29) is 24.8 Å². The first kappa shape index (κ1) is 16.8. The van der Waals surface area contributed by atoms with E-state index in [4.69, 9.17) is 5.73 Å². The van der Waals surface area contributed by atoms with Crippen molar-refractivity contribution in [3.63, 3.8) is 0 Å². The second-order valence-electron chi connectivity index (χ2n) is 4.73. The largest absolute Gasteiger partial charge is 0.366 e. The number of hydrogen-bond acceptors (Lipinski definition) is 3. The van der Waals surface area contributed by atoms with Crippen LogP contribution in [-0.4, -0.2) is 29.0 Å². The summed E-state index contributed by atoms with van der Waals surface area (Å²) in [6.45, 7) is 2.01. The Morgan fingerprint density at radius 2 is 2.15 bits per heavy atom. The Morgan fingerprint density at radius 3 is 2.80 bits per heavy atom. The number of nitrogens with two attached hydrogens (primary N) is 1. The standard InChI is InChI=1S/C13H16N4O.2ClH/c14-12(18)9-4-1-5-10-11(9)17-13(16-10)8-3-2-6-15-7-8;;/h1,4-5,8,15H,2-3,6-7H2,(H2,14,18)(H,16,17);2*1H. The van der Waals surface area contributed by atoms with Crippen LogP contribution in [0, 0.1) is 0 Å². The van der Waals surface area contributed by atoms with Crippen LogP contribution in [0.3, 0.4) is 0 Å². The van der Waals surface area contributed by atoms with Crippen LogP contribution in [0.25, 0.3) is 11.0 Å². The van der Waals surface area contributed by atoms with Crippen molar-refractivity contribution >= 4 is 41.8 Å². The normalized spacial score (nSPS) is 18.1. The minimum absolute atomic E-state index is 0. The zero-order valence-electron chi connectivity index (χ0n) is 10.9. The van der Waals surface area contributed by atoms with E-state index in [2.05, 4.69) is 15.3 Å². The minimum Gasteiger partial charge on any atom is -0.366 e. The van der Waals surface area contributed by atoms with Crippen LogP contribution in [0.15, 0.2) is 18.2 Å². The van der Waals surface area contributed by atoms with Crippen molar-refractivity contribution in [3.8, 4) is 0 Å². The van der Waals surface area contributed by atoms with Gasteiger partial charge >= 0.3 is 0 Å². The quantitative estimate of drug-likeness (QED) is 0.792. The number of amides is 1. The highest BCUT2D eigenvalue weighted by atomic mass is 35.5. The fraction of sp³-hybridized carbons (Fsp3) is 0.385. The smallest absolute Gasteiger partial charge is 0.250 e. The molecule has 1 aliphatic rings. The molecule has 1 fully saturated rings. The summed E-state index contributed by atoms with van der Waals surface area (Å²) in [6.07, 6.45) is 2.28. The molecule has 1 amide bonds. The third-order valence-electron chi connectivity index (χ3n) is 3.48. The Morgan fingerprint density at radius 1 is 1.35 bits per heavy atom. The van der Waals surface area contributed by atoms with E-state index in [0.29, 0.717) is 17.0 Å². The molecule has 4 N–H and O–H groups in total. The zero-order chi connectivity index (χ0) is 12.5. The van der Waals surface area contributed by atoms with Gasteiger partial charge in [-0.15, -0.1) is 24.8 Å². The monoisotopic (exact) mass is 316 g/mol. The first-order valence-corrected chi connectivity index (χ1v) is 6.25. The predicted molar refractivity (Wildman–Crippen MR) is 84.0 cm³/mol. The molecule has 5 nitrogen and oxygen atoms in total. The lowest BCUT2D eigenvalue weighted by atomic mass is 9.99. The van der Waals surface area contributed by atoms with Crippen LogP contribution in [0.4, 0.5) is 0 Å². The van der Waals surface area contributed by atoms with Gasteiger partial charge in [-0.1, -0.05) is 6.07 Å². The molecule has 2 heterocycles. The number of carbonyl (C=O) groups excluding carboxylic acids is 1. The molecule has 2 aromatic rings. The molecule has 0 bridgehead atoms. The minimum atomic E-state index is -0.430. The van der Waals surface area contributed by atoms with Crippen LogP contribution in [0.5, 0.6) is 0 Å². The van der Waals surface area contributed by atoms with Gasteiger partial charge < -0.3 is 16.0 Å². The van der Waals surface area contributed by atoms with Gasteiger partial charge in [-0.2, -0.15) is 0 Å². The van der Waals surface area contributed by atoms with Crippen LogP contribution in [0.2, 0.25) is 0 Å². The molecule has 7 heteroatoms. The number of primary amides is 1. The topological polar surface area (TPSA) is 83.8 Å². The lowest BCUT2D eigenvalue weighted by Crippen LogP contribution is -2.28. The van der Waals surface area contributed by atoms with Crippen molar-refractivity contribution in [1.82, 2.24) is 15.3 Å². The number of piperidine rings is 1. The molecular weight excluding hydrogens is 299 g/mol. The molecule has 3 rings (SSSR count). The number of benzene rings is 1. The van der Waals surface area contributed by atoms with Gasteiger partial charge in [0.15, 0.2) is 0 Å². The van der Waals surface area contributed by atoms with Crippen molar-refractivity contribution in [2.45, 2.75) is 18.8 Å². The summed E-state index contributed by atoms with van der Waals surface area (Å²) in [4.78, 5) is 19.2. The third kappa shape index (κ3) is 3.06. The third-order valence-corrected chi connectivity index (χ3v) is 3.48. The van der Waals surface area contributed by atoms with Gasteiger partial charge in [0.05, 0.1) is 11.1 Å². The van der Waals surface area contributed by atoms with Gasteiger partial charge in [-0.05, 0) is 31.5 Å². The first-order valence-electron chi connectivity index (χ1n) is 6.25. The molecule has 1 atom stereocenters. The second-order valence-corrected chi connectivity index (χ2v) is 4.73. The lowest BCUT2D eigenvalue weighted by Gasteiger charge is -2.20. The van der Waals surface area contributed by atoms with Gasteiger partial charge in [-0.25, -0.2) is 4.98 Å². The summed E-state index contributed by atoms with van der Waals surface area (Å²) in [6, 6.07) is 5.46. The van der Waals surface area contributed by atoms with E-state index in [1.165, 1.54) is 0 Å². The fourth-order valence-corrected chi connectivity index (χ4v) is 2.53. The van der Waals surface area contributed by atoms with Gasteiger partial charge in [0.25, 0.3) is 5.91 Å². The summed E-state index contributed by atoms with van der Waals surface area (Å²) < 4.78 is 0. The Bertz CT molecular complexity index is 593. The second kappa shape index (κ2) is 6.92. The Balaban J connectivity index is 0.000001000. The number of fused-ring (bicyclic) bond motifs is 1. The average molecular weight is 317 g/mol. The van der Waals surface area contributed by atoms with E-state index in [9.17, 15) is 4.79 Å². The van der Waals surface area contributed by atoms with Crippen molar-refractivity contribution in [2.75, 3.05) is 13.1 Å². The molecule has 1 aromatic heterocycles.